The van der Waals surface area contributed by atoms with E-state index < -0.39 is 0 Å². The summed E-state index contributed by atoms with van der Waals surface area (Å²) >= 11 is 3.84. The van der Waals surface area contributed by atoms with Crippen LogP contribution in [0, 0.1) is 0 Å². The number of rotatable bonds is 8. The minimum atomic E-state index is -0.219. The standard InChI is InChI=1S/C17H16N4O3S3/c1-2-24-12-7-4-3-6-11(12)18-14(22)10-26-17-21-20-16(27-17)19-15(23)13-8-5-9-25-13/h3-9H,2,10H2,1H3,(H,18,22)(H,19,20,23). The summed E-state index contributed by atoms with van der Waals surface area (Å²) in [5, 5.41) is 15.7. The number of para-hydroxylation sites is 2. The highest BCUT2D eigenvalue weighted by Gasteiger charge is 2.13. The third-order valence-corrected chi connectivity index (χ3v) is 6.00. The van der Waals surface area contributed by atoms with E-state index in [-0.39, 0.29) is 17.6 Å². The first-order chi connectivity index (χ1) is 13.2. The van der Waals surface area contributed by atoms with Gasteiger partial charge < -0.3 is 10.1 Å². The number of benzene rings is 1. The molecule has 1 aromatic carbocycles. The van der Waals surface area contributed by atoms with E-state index in [0.29, 0.717) is 32.4 Å². The molecule has 2 N–H and O–H groups in total. The molecular formula is C17H16N4O3S3. The normalized spacial score (nSPS) is 10.4. The van der Waals surface area contributed by atoms with Gasteiger partial charge >= 0.3 is 0 Å². The zero-order chi connectivity index (χ0) is 19.1. The van der Waals surface area contributed by atoms with Crippen LogP contribution in [-0.2, 0) is 4.79 Å². The molecule has 140 valence electrons. The molecule has 0 fully saturated rings. The summed E-state index contributed by atoms with van der Waals surface area (Å²) in [5.41, 5.74) is 0.631. The molecule has 0 atom stereocenters. The van der Waals surface area contributed by atoms with E-state index in [0.717, 1.165) is 0 Å². The van der Waals surface area contributed by atoms with Crippen LogP contribution in [0.1, 0.15) is 16.6 Å². The fraction of sp³-hybridized carbons (Fsp3) is 0.176. The van der Waals surface area contributed by atoms with Crippen LogP contribution in [0.5, 0.6) is 5.75 Å². The zero-order valence-electron chi connectivity index (χ0n) is 14.3. The smallest absolute Gasteiger partial charge is 0.267 e. The van der Waals surface area contributed by atoms with Crippen molar-refractivity contribution in [2.24, 2.45) is 0 Å². The number of hydrogen-bond acceptors (Lipinski definition) is 8. The van der Waals surface area contributed by atoms with E-state index in [1.807, 2.05) is 30.5 Å². The molecule has 2 heterocycles. The third-order valence-electron chi connectivity index (χ3n) is 3.16. The number of carbonyl (C=O) groups is 2. The summed E-state index contributed by atoms with van der Waals surface area (Å²) in [4.78, 5) is 24.8. The molecule has 0 aliphatic rings. The van der Waals surface area contributed by atoms with Crippen molar-refractivity contribution in [2.45, 2.75) is 11.3 Å². The molecule has 0 saturated carbocycles. The van der Waals surface area contributed by atoms with E-state index >= 15 is 0 Å². The van der Waals surface area contributed by atoms with E-state index in [1.165, 1.54) is 34.4 Å². The van der Waals surface area contributed by atoms with Gasteiger partial charge in [-0.15, -0.1) is 21.5 Å². The summed E-state index contributed by atoms with van der Waals surface area (Å²) < 4.78 is 6.09. The Kier molecular flexibility index (Phi) is 6.80. The number of thiophene rings is 1. The van der Waals surface area contributed by atoms with Crippen molar-refractivity contribution in [3.63, 3.8) is 0 Å². The van der Waals surface area contributed by atoms with Crippen LogP contribution in [0.3, 0.4) is 0 Å². The first kappa shape index (κ1) is 19.3. The molecular weight excluding hydrogens is 404 g/mol. The SMILES string of the molecule is CCOc1ccccc1NC(=O)CSc1nnc(NC(=O)c2cccs2)s1. The first-order valence-corrected chi connectivity index (χ1v) is 10.7. The number of nitrogens with one attached hydrogen (secondary N) is 2. The van der Waals surface area contributed by atoms with Crippen LogP contribution < -0.4 is 15.4 Å². The minimum absolute atomic E-state index is 0.175. The summed E-state index contributed by atoms with van der Waals surface area (Å²) in [6, 6.07) is 10.8. The van der Waals surface area contributed by atoms with Crippen molar-refractivity contribution in [3.05, 3.63) is 46.7 Å². The van der Waals surface area contributed by atoms with Gasteiger partial charge in [-0.3, -0.25) is 14.9 Å². The molecule has 0 aliphatic heterocycles. The molecule has 0 saturated heterocycles. The van der Waals surface area contributed by atoms with Crippen LogP contribution in [0.25, 0.3) is 0 Å². The highest BCUT2D eigenvalue weighted by atomic mass is 32.2. The van der Waals surface area contributed by atoms with Crippen LogP contribution in [-0.4, -0.2) is 34.4 Å². The zero-order valence-corrected chi connectivity index (χ0v) is 16.7. The molecule has 0 aliphatic carbocycles. The summed E-state index contributed by atoms with van der Waals surface area (Å²) in [5.74, 6) is 0.413. The Labute approximate surface area is 168 Å². The molecule has 0 spiro atoms. The van der Waals surface area contributed by atoms with E-state index in [4.69, 9.17) is 4.74 Å². The van der Waals surface area contributed by atoms with Crippen molar-refractivity contribution in [1.82, 2.24) is 10.2 Å². The van der Waals surface area contributed by atoms with Gasteiger partial charge in [0.25, 0.3) is 5.91 Å². The Hall–Kier alpha value is -2.43. The van der Waals surface area contributed by atoms with Crippen LogP contribution in [0.2, 0.25) is 0 Å². The van der Waals surface area contributed by atoms with E-state index in [1.54, 1.807) is 18.2 Å². The van der Waals surface area contributed by atoms with Gasteiger partial charge in [-0.05, 0) is 30.5 Å². The molecule has 27 heavy (non-hydrogen) atoms. The highest BCUT2D eigenvalue weighted by molar-refractivity contribution is 8.01. The fourth-order valence-corrected chi connectivity index (χ4v) is 4.22. The Morgan fingerprint density at radius 1 is 1.15 bits per heavy atom. The van der Waals surface area contributed by atoms with Gasteiger partial charge in [0.05, 0.1) is 22.9 Å². The van der Waals surface area contributed by atoms with Gasteiger partial charge in [0.15, 0.2) is 4.34 Å². The highest BCUT2D eigenvalue weighted by Crippen LogP contribution is 2.27. The third kappa shape index (κ3) is 5.52. The number of anilines is 2. The van der Waals surface area contributed by atoms with Crippen molar-refractivity contribution in [1.29, 1.82) is 0 Å². The maximum absolute atomic E-state index is 12.2. The van der Waals surface area contributed by atoms with E-state index in [2.05, 4.69) is 20.8 Å². The lowest BCUT2D eigenvalue weighted by Gasteiger charge is -2.10. The van der Waals surface area contributed by atoms with Gasteiger partial charge in [0.2, 0.25) is 11.0 Å². The van der Waals surface area contributed by atoms with Gasteiger partial charge in [-0.25, -0.2) is 0 Å². The molecule has 0 bridgehead atoms. The molecule has 2 aromatic heterocycles. The van der Waals surface area contributed by atoms with Crippen LogP contribution >= 0.6 is 34.4 Å². The van der Waals surface area contributed by atoms with Gasteiger partial charge in [0, 0.05) is 0 Å². The van der Waals surface area contributed by atoms with Crippen molar-refractivity contribution in [3.8, 4) is 5.75 Å². The lowest BCUT2D eigenvalue weighted by Crippen LogP contribution is -2.14. The number of hydrogen-bond donors (Lipinski definition) is 2. The van der Waals surface area contributed by atoms with Gasteiger partial charge in [0.1, 0.15) is 5.75 Å². The average molecular weight is 421 g/mol. The first-order valence-electron chi connectivity index (χ1n) is 7.98. The number of nitrogens with zero attached hydrogens (tertiary/aromatic N) is 2. The fourth-order valence-electron chi connectivity index (χ4n) is 2.05. The number of carbonyl (C=O) groups excluding carboxylic acids is 2. The molecule has 2 amide bonds. The second-order valence-corrected chi connectivity index (χ2v) is 8.22. The number of thioether (sulfide) groups is 1. The summed E-state index contributed by atoms with van der Waals surface area (Å²) in [6.45, 7) is 2.41. The maximum Gasteiger partial charge on any atom is 0.267 e. The van der Waals surface area contributed by atoms with Crippen LogP contribution in [0.4, 0.5) is 10.8 Å². The minimum Gasteiger partial charge on any atom is -0.492 e. The van der Waals surface area contributed by atoms with Crippen molar-refractivity contribution in [2.75, 3.05) is 23.0 Å². The Balaban J connectivity index is 1.51. The largest absolute Gasteiger partial charge is 0.492 e. The molecule has 7 nitrogen and oxygen atoms in total. The lowest BCUT2D eigenvalue weighted by atomic mass is 10.3. The topological polar surface area (TPSA) is 93.2 Å². The second kappa shape index (κ2) is 9.49. The molecule has 0 radical (unpaired) electrons. The van der Waals surface area contributed by atoms with Crippen molar-refractivity contribution >= 4 is 57.1 Å². The molecule has 3 rings (SSSR count). The predicted molar refractivity (Wildman–Crippen MR) is 109 cm³/mol. The number of amides is 2. The summed E-state index contributed by atoms with van der Waals surface area (Å²) in [7, 11) is 0. The Bertz CT molecular complexity index is 912. The lowest BCUT2D eigenvalue weighted by molar-refractivity contribution is -0.113. The molecule has 3 aromatic rings. The maximum atomic E-state index is 12.2. The van der Waals surface area contributed by atoms with Gasteiger partial charge in [-0.1, -0.05) is 41.3 Å². The van der Waals surface area contributed by atoms with Gasteiger partial charge in [-0.2, -0.15) is 0 Å². The predicted octanol–water partition coefficient (Wildman–Crippen LogP) is 3.98. The average Bonchev–Trinajstić information content (AvgIpc) is 3.34. The summed E-state index contributed by atoms with van der Waals surface area (Å²) in [6.07, 6.45) is 0. The Morgan fingerprint density at radius 2 is 2.00 bits per heavy atom. The van der Waals surface area contributed by atoms with Crippen molar-refractivity contribution < 1.29 is 14.3 Å². The second-order valence-electron chi connectivity index (χ2n) is 5.07. The Morgan fingerprint density at radius 3 is 2.78 bits per heavy atom. The monoisotopic (exact) mass is 420 g/mol. The molecule has 0 unspecified atom stereocenters. The van der Waals surface area contributed by atoms with Crippen LogP contribution in [0.15, 0.2) is 46.1 Å². The van der Waals surface area contributed by atoms with E-state index in [9.17, 15) is 9.59 Å². The number of aromatic nitrogens is 2. The molecule has 10 heteroatoms. The quantitative estimate of drug-likeness (QED) is 0.423. The number of ether oxygens (including phenoxy) is 1.